The van der Waals surface area contributed by atoms with Crippen LogP contribution in [-0.2, 0) is 10.0 Å². The van der Waals surface area contributed by atoms with E-state index in [1.165, 1.54) is 0 Å². The number of hydrogen-bond donors (Lipinski definition) is 0. The first-order valence-electron chi connectivity index (χ1n) is 9.22. The van der Waals surface area contributed by atoms with Gasteiger partial charge in [0.1, 0.15) is 0 Å². The van der Waals surface area contributed by atoms with Crippen molar-refractivity contribution in [1.29, 1.82) is 0 Å². The molecule has 0 saturated heterocycles. The molecule has 0 aliphatic carbocycles. The standard InChI is InChI=1S/C25H19NO2S/c1-20-14-16-24(17-15-20)29(27,28)26(23-11-3-2-4-12-23)19-18-22-10-7-9-21-8-5-6-13-25(21)22/h2-17H,1H3. The van der Waals surface area contributed by atoms with Crippen LogP contribution in [0.2, 0.25) is 0 Å². The van der Waals surface area contributed by atoms with Crippen molar-refractivity contribution < 1.29 is 8.42 Å². The lowest BCUT2D eigenvalue weighted by atomic mass is 10.1. The van der Waals surface area contributed by atoms with Gasteiger partial charge < -0.3 is 0 Å². The Morgan fingerprint density at radius 3 is 2.14 bits per heavy atom. The quantitative estimate of drug-likeness (QED) is 0.345. The van der Waals surface area contributed by atoms with Crippen LogP contribution >= 0.6 is 0 Å². The van der Waals surface area contributed by atoms with E-state index < -0.39 is 10.0 Å². The zero-order valence-electron chi connectivity index (χ0n) is 15.9. The molecule has 0 N–H and O–H groups in total. The summed E-state index contributed by atoms with van der Waals surface area (Å²) < 4.78 is 27.9. The van der Waals surface area contributed by atoms with Gasteiger partial charge in [-0.25, -0.2) is 8.42 Å². The number of rotatable bonds is 3. The van der Waals surface area contributed by atoms with E-state index >= 15 is 0 Å². The van der Waals surface area contributed by atoms with E-state index in [2.05, 4.69) is 12.0 Å². The molecular formula is C25H19NO2S. The Labute approximate surface area is 171 Å². The van der Waals surface area contributed by atoms with Gasteiger partial charge >= 0.3 is 0 Å². The number of sulfonamides is 1. The SMILES string of the molecule is Cc1ccc(S(=O)(=O)N(C#Cc2cccc3ccccc23)c2ccccc2)cc1. The molecule has 0 heterocycles. The third kappa shape index (κ3) is 3.87. The summed E-state index contributed by atoms with van der Waals surface area (Å²) in [4.78, 5) is 0.208. The third-order valence-corrected chi connectivity index (χ3v) is 6.28. The summed E-state index contributed by atoms with van der Waals surface area (Å²) >= 11 is 0. The number of hydrogen-bond acceptors (Lipinski definition) is 2. The molecule has 4 heteroatoms. The first kappa shape index (κ1) is 18.8. The smallest absolute Gasteiger partial charge is 0.200 e. The average Bonchev–Trinajstić information content (AvgIpc) is 2.75. The van der Waals surface area contributed by atoms with E-state index in [1.807, 2.05) is 55.5 Å². The lowest BCUT2D eigenvalue weighted by molar-refractivity contribution is 0.596. The second-order valence-corrected chi connectivity index (χ2v) is 8.47. The van der Waals surface area contributed by atoms with Crippen LogP contribution in [0.3, 0.4) is 0 Å². The number of benzene rings is 4. The van der Waals surface area contributed by atoms with Crippen LogP contribution in [0.4, 0.5) is 5.69 Å². The van der Waals surface area contributed by atoms with Gasteiger partial charge in [0.05, 0.1) is 10.6 Å². The monoisotopic (exact) mass is 397 g/mol. The lowest BCUT2D eigenvalue weighted by Gasteiger charge is -2.18. The van der Waals surface area contributed by atoms with Crippen LogP contribution in [0.5, 0.6) is 0 Å². The Balaban J connectivity index is 1.85. The molecule has 0 unspecified atom stereocenters. The molecule has 0 aromatic heterocycles. The second-order valence-electron chi connectivity index (χ2n) is 6.68. The Kier molecular flexibility index (Phi) is 5.07. The van der Waals surface area contributed by atoms with Gasteiger partial charge in [-0.1, -0.05) is 72.3 Å². The number of anilines is 1. The minimum absolute atomic E-state index is 0.208. The highest BCUT2D eigenvalue weighted by atomic mass is 32.2. The van der Waals surface area contributed by atoms with E-state index in [9.17, 15) is 8.42 Å². The van der Waals surface area contributed by atoms with Crippen LogP contribution in [-0.4, -0.2) is 8.42 Å². The fraction of sp³-hybridized carbons (Fsp3) is 0.0400. The highest BCUT2D eigenvalue weighted by Gasteiger charge is 2.23. The molecule has 29 heavy (non-hydrogen) atoms. The maximum Gasteiger partial charge on any atom is 0.275 e. The topological polar surface area (TPSA) is 37.4 Å². The van der Waals surface area contributed by atoms with E-state index in [4.69, 9.17) is 0 Å². The molecule has 0 fully saturated rings. The van der Waals surface area contributed by atoms with Crippen molar-refractivity contribution in [2.24, 2.45) is 0 Å². The number of para-hydroxylation sites is 1. The highest BCUT2D eigenvalue weighted by Crippen LogP contribution is 2.24. The summed E-state index contributed by atoms with van der Waals surface area (Å²) in [5.74, 6) is 3.07. The summed E-state index contributed by atoms with van der Waals surface area (Å²) in [6.07, 6.45) is 0. The van der Waals surface area contributed by atoms with Crippen molar-refractivity contribution in [3.63, 3.8) is 0 Å². The average molecular weight is 397 g/mol. The fourth-order valence-corrected chi connectivity index (χ4v) is 4.34. The maximum absolute atomic E-state index is 13.4. The zero-order valence-corrected chi connectivity index (χ0v) is 16.7. The van der Waals surface area contributed by atoms with Crippen molar-refractivity contribution in [2.45, 2.75) is 11.8 Å². The van der Waals surface area contributed by atoms with Crippen molar-refractivity contribution >= 4 is 26.5 Å². The first-order chi connectivity index (χ1) is 14.1. The summed E-state index contributed by atoms with van der Waals surface area (Å²) in [6, 6.07) is 32.4. The molecule has 0 bridgehead atoms. The largest absolute Gasteiger partial charge is 0.275 e. The van der Waals surface area contributed by atoms with Gasteiger partial charge in [0.25, 0.3) is 10.0 Å². The Bertz CT molecular complexity index is 1310. The van der Waals surface area contributed by atoms with E-state index in [0.717, 1.165) is 26.2 Å². The third-order valence-electron chi connectivity index (χ3n) is 4.63. The molecule has 0 aliphatic heterocycles. The Hall–Kier alpha value is -3.55. The van der Waals surface area contributed by atoms with E-state index in [0.29, 0.717) is 5.69 Å². The van der Waals surface area contributed by atoms with Crippen LogP contribution in [0, 0.1) is 18.9 Å². The Morgan fingerprint density at radius 1 is 0.724 bits per heavy atom. The predicted molar refractivity (Wildman–Crippen MR) is 118 cm³/mol. The van der Waals surface area contributed by atoms with Gasteiger partial charge in [-0.2, -0.15) is 4.31 Å². The molecule has 0 saturated carbocycles. The maximum atomic E-state index is 13.4. The fourth-order valence-electron chi connectivity index (χ4n) is 3.09. The zero-order chi connectivity index (χ0) is 20.3. The molecule has 0 radical (unpaired) electrons. The molecule has 4 aromatic rings. The molecule has 4 rings (SSSR count). The van der Waals surface area contributed by atoms with Crippen LogP contribution < -0.4 is 4.31 Å². The minimum atomic E-state index is -3.83. The summed E-state index contributed by atoms with van der Waals surface area (Å²) in [5.41, 5.74) is 2.28. The van der Waals surface area contributed by atoms with Crippen LogP contribution in [0.1, 0.15) is 11.1 Å². The molecular weight excluding hydrogens is 378 g/mol. The van der Waals surface area contributed by atoms with Crippen LogP contribution in [0.25, 0.3) is 10.8 Å². The lowest BCUT2D eigenvalue weighted by Crippen LogP contribution is -2.26. The normalized spacial score (nSPS) is 10.9. The van der Waals surface area contributed by atoms with Gasteiger partial charge in [-0.05, 0) is 53.9 Å². The van der Waals surface area contributed by atoms with Crippen molar-refractivity contribution in [3.8, 4) is 12.0 Å². The molecule has 4 aromatic carbocycles. The van der Waals surface area contributed by atoms with Crippen LogP contribution in [0.15, 0.2) is 102 Å². The summed E-state index contributed by atoms with van der Waals surface area (Å²) in [5, 5.41) is 2.05. The van der Waals surface area contributed by atoms with Crippen molar-refractivity contribution in [2.75, 3.05) is 4.31 Å². The van der Waals surface area contributed by atoms with Crippen molar-refractivity contribution in [3.05, 3.63) is 108 Å². The van der Waals surface area contributed by atoms with Gasteiger partial charge in [-0.3, -0.25) is 0 Å². The highest BCUT2D eigenvalue weighted by molar-refractivity contribution is 7.93. The second kappa shape index (κ2) is 7.83. The molecule has 142 valence electrons. The molecule has 0 atom stereocenters. The number of fused-ring (bicyclic) bond motifs is 1. The number of aryl methyl sites for hydroxylation is 1. The Morgan fingerprint density at radius 2 is 1.38 bits per heavy atom. The summed E-state index contributed by atoms with van der Waals surface area (Å²) in [7, 11) is -3.83. The molecule has 0 aliphatic rings. The van der Waals surface area contributed by atoms with Crippen molar-refractivity contribution in [1.82, 2.24) is 0 Å². The van der Waals surface area contributed by atoms with Gasteiger partial charge in [0.15, 0.2) is 0 Å². The van der Waals surface area contributed by atoms with E-state index in [-0.39, 0.29) is 4.90 Å². The summed E-state index contributed by atoms with van der Waals surface area (Å²) in [6.45, 7) is 1.92. The minimum Gasteiger partial charge on any atom is -0.200 e. The molecule has 0 amide bonds. The first-order valence-corrected chi connectivity index (χ1v) is 10.7. The van der Waals surface area contributed by atoms with Gasteiger partial charge in [0.2, 0.25) is 0 Å². The molecule has 3 nitrogen and oxygen atoms in total. The van der Waals surface area contributed by atoms with E-state index in [1.54, 1.807) is 48.5 Å². The number of nitrogens with zero attached hydrogens (tertiary/aromatic N) is 1. The predicted octanol–water partition coefficient (Wildman–Crippen LogP) is 5.35. The van der Waals surface area contributed by atoms with Gasteiger partial charge in [0, 0.05) is 11.6 Å². The molecule has 0 spiro atoms. The van der Waals surface area contributed by atoms with Gasteiger partial charge in [-0.15, -0.1) is 0 Å².